The molecule has 0 bridgehead atoms. The summed E-state index contributed by atoms with van der Waals surface area (Å²) in [6, 6.07) is -0.413. The number of carbonyl (C=O) groups excluding carboxylic acids is 1. The van der Waals surface area contributed by atoms with Gasteiger partial charge in [-0.25, -0.2) is 9.59 Å². The van der Waals surface area contributed by atoms with Gasteiger partial charge in [-0.1, -0.05) is 0 Å². The minimum Gasteiger partial charge on any atom is -0.480 e. The van der Waals surface area contributed by atoms with Gasteiger partial charge in [0.15, 0.2) is 0 Å². The largest absolute Gasteiger partial charge is 0.480 e. The van der Waals surface area contributed by atoms with Crippen LogP contribution in [0.1, 0.15) is 19.8 Å². The zero-order valence-corrected chi connectivity index (χ0v) is 10.6. The van der Waals surface area contributed by atoms with Crippen LogP contribution in [0.15, 0.2) is 0 Å². The average Bonchev–Trinajstić information content (AvgIpc) is 2.99. The van der Waals surface area contributed by atoms with Gasteiger partial charge in [0.05, 0.1) is 0 Å². The number of carboxylic acid groups (broad SMARTS) is 1. The molecule has 0 aromatic rings. The molecule has 0 aromatic heterocycles. The summed E-state index contributed by atoms with van der Waals surface area (Å²) in [6.45, 7) is 2.79. The zero-order chi connectivity index (χ0) is 13.1. The third-order valence-corrected chi connectivity index (χ3v) is 3.06. The predicted molar refractivity (Wildman–Crippen MR) is 63.9 cm³/mol. The van der Waals surface area contributed by atoms with E-state index in [4.69, 9.17) is 5.11 Å². The van der Waals surface area contributed by atoms with Crippen molar-refractivity contribution in [1.29, 1.82) is 0 Å². The maximum atomic E-state index is 11.6. The standard InChI is InChI=1S/C11H21N3O3/c1-11(9(15)16,8-4-5-8)13-10(17)12-6-7-14(2)3/h8H,4-7H2,1-3H3,(H,15,16)(H2,12,13,17). The number of carbonyl (C=O) groups is 2. The summed E-state index contributed by atoms with van der Waals surface area (Å²) in [7, 11) is 3.82. The number of amides is 2. The van der Waals surface area contributed by atoms with E-state index >= 15 is 0 Å². The van der Waals surface area contributed by atoms with Crippen molar-refractivity contribution in [2.45, 2.75) is 25.3 Å². The third-order valence-electron chi connectivity index (χ3n) is 3.06. The quantitative estimate of drug-likeness (QED) is 0.618. The van der Waals surface area contributed by atoms with E-state index in [1.165, 1.54) is 0 Å². The van der Waals surface area contributed by atoms with Crippen LogP contribution in [0.25, 0.3) is 0 Å². The van der Waals surface area contributed by atoms with Gasteiger partial charge in [-0.15, -0.1) is 0 Å². The summed E-state index contributed by atoms with van der Waals surface area (Å²) in [5.74, 6) is -0.914. The van der Waals surface area contributed by atoms with Gasteiger partial charge in [0.25, 0.3) is 0 Å². The second kappa shape index (κ2) is 5.35. The summed E-state index contributed by atoms with van der Waals surface area (Å²) in [6.07, 6.45) is 1.72. The van der Waals surface area contributed by atoms with Crippen LogP contribution in [-0.2, 0) is 4.79 Å². The summed E-state index contributed by atoms with van der Waals surface area (Å²) in [4.78, 5) is 24.7. The number of likely N-dealkylation sites (N-methyl/N-ethyl adjacent to an activating group) is 1. The van der Waals surface area contributed by atoms with Crippen LogP contribution in [0, 0.1) is 5.92 Å². The number of nitrogens with one attached hydrogen (secondary N) is 2. The summed E-state index contributed by atoms with van der Waals surface area (Å²) in [5.41, 5.74) is -1.14. The molecule has 1 aliphatic rings. The van der Waals surface area contributed by atoms with Crippen molar-refractivity contribution in [3.63, 3.8) is 0 Å². The molecule has 0 aliphatic heterocycles. The Balaban J connectivity index is 2.40. The second-order valence-corrected chi connectivity index (χ2v) is 4.97. The van der Waals surface area contributed by atoms with E-state index in [9.17, 15) is 9.59 Å². The molecule has 1 unspecified atom stereocenters. The molecule has 6 heteroatoms. The summed E-state index contributed by atoms with van der Waals surface area (Å²) in [5, 5.41) is 14.4. The highest BCUT2D eigenvalue weighted by Crippen LogP contribution is 2.39. The average molecular weight is 243 g/mol. The Hall–Kier alpha value is -1.30. The van der Waals surface area contributed by atoms with Crippen molar-refractivity contribution in [2.24, 2.45) is 5.92 Å². The molecule has 0 saturated heterocycles. The van der Waals surface area contributed by atoms with Gasteiger partial charge in [0.1, 0.15) is 5.54 Å². The van der Waals surface area contributed by atoms with Crippen LogP contribution in [-0.4, -0.2) is 54.7 Å². The third kappa shape index (κ3) is 3.89. The molecule has 0 aromatic carbocycles. The molecular weight excluding hydrogens is 222 g/mol. The van der Waals surface area contributed by atoms with Crippen LogP contribution in [0.2, 0.25) is 0 Å². The van der Waals surface area contributed by atoms with Crippen LogP contribution in [0.5, 0.6) is 0 Å². The first-order valence-corrected chi connectivity index (χ1v) is 5.80. The lowest BCUT2D eigenvalue weighted by molar-refractivity contribution is -0.144. The first kappa shape index (κ1) is 13.8. The van der Waals surface area contributed by atoms with Crippen molar-refractivity contribution >= 4 is 12.0 Å². The minimum absolute atomic E-state index is 0.0552. The van der Waals surface area contributed by atoms with E-state index in [1.807, 2.05) is 19.0 Å². The van der Waals surface area contributed by atoms with Gasteiger partial charge in [-0.2, -0.15) is 0 Å². The monoisotopic (exact) mass is 243 g/mol. The maximum Gasteiger partial charge on any atom is 0.329 e. The van der Waals surface area contributed by atoms with E-state index < -0.39 is 17.5 Å². The van der Waals surface area contributed by atoms with Gasteiger partial charge < -0.3 is 20.6 Å². The molecule has 0 spiro atoms. The molecule has 17 heavy (non-hydrogen) atoms. The van der Waals surface area contributed by atoms with Crippen LogP contribution in [0.4, 0.5) is 4.79 Å². The van der Waals surface area contributed by atoms with E-state index in [0.717, 1.165) is 19.4 Å². The van der Waals surface area contributed by atoms with Gasteiger partial charge in [0.2, 0.25) is 0 Å². The number of hydrogen-bond donors (Lipinski definition) is 3. The molecule has 98 valence electrons. The number of carboxylic acids is 1. The lowest BCUT2D eigenvalue weighted by Gasteiger charge is -2.26. The van der Waals surface area contributed by atoms with E-state index in [2.05, 4.69) is 10.6 Å². The molecular formula is C11H21N3O3. The zero-order valence-electron chi connectivity index (χ0n) is 10.6. The van der Waals surface area contributed by atoms with E-state index in [-0.39, 0.29) is 5.92 Å². The van der Waals surface area contributed by atoms with Crippen molar-refractivity contribution in [1.82, 2.24) is 15.5 Å². The molecule has 1 rings (SSSR count). The number of nitrogens with zero attached hydrogens (tertiary/aromatic N) is 1. The normalized spacial score (nSPS) is 18.6. The first-order valence-electron chi connectivity index (χ1n) is 5.80. The highest BCUT2D eigenvalue weighted by Gasteiger charge is 2.48. The number of rotatable bonds is 6. The Morgan fingerprint density at radius 1 is 1.41 bits per heavy atom. The second-order valence-electron chi connectivity index (χ2n) is 4.97. The van der Waals surface area contributed by atoms with Gasteiger partial charge in [0, 0.05) is 13.1 Å². The van der Waals surface area contributed by atoms with Gasteiger partial charge in [-0.05, 0) is 39.8 Å². The van der Waals surface area contributed by atoms with E-state index in [0.29, 0.717) is 6.54 Å². The van der Waals surface area contributed by atoms with E-state index in [1.54, 1.807) is 6.92 Å². The predicted octanol–water partition coefficient (Wildman–Crippen LogP) is 0.101. The molecule has 1 fully saturated rings. The smallest absolute Gasteiger partial charge is 0.329 e. The van der Waals surface area contributed by atoms with Crippen LogP contribution in [0.3, 0.4) is 0 Å². The molecule has 2 amide bonds. The lowest BCUT2D eigenvalue weighted by atomic mass is 9.96. The maximum absolute atomic E-state index is 11.6. The number of hydrogen-bond acceptors (Lipinski definition) is 3. The van der Waals surface area contributed by atoms with Crippen molar-refractivity contribution < 1.29 is 14.7 Å². The SMILES string of the molecule is CN(C)CCNC(=O)NC(C)(C(=O)O)C1CC1. The fraction of sp³-hybridized carbons (Fsp3) is 0.818. The summed E-state index contributed by atoms with van der Waals surface area (Å²) < 4.78 is 0. The highest BCUT2D eigenvalue weighted by molar-refractivity contribution is 5.86. The Kier molecular flexibility index (Phi) is 4.34. The molecule has 0 radical (unpaired) electrons. The van der Waals surface area contributed by atoms with Crippen molar-refractivity contribution in [2.75, 3.05) is 27.2 Å². The molecule has 0 heterocycles. The topological polar surface area (TPSA) is 81.7 Å². The molecule has 1 saturated carbocycles. The van der Waals surface area contributed by atoms with Crippen molar-refractivity contribution in [3.8, 4) is 0 Å². The Morgan fingerprint density at radius 2 is 2.00 bits per heavy atom. The van der Waals surface area contributed by atoms with Crippen molar-refractivity contribution in [3.05, 3.63) is 0 Å². The van der Waals surface area contributed by atoms with Crippen LogP contribution >= 0.6 is 0 Å². The molecule has 6 nitrogen and oxygen atoms in total. The Labute approximate surface area is 101 Å². The molecule has 3 N–H and O–H groups in total. The Morgan fingerprint density at radius 3 is 2.41 bits per heavy atom. The lowest BCUT2D eigenvalue weighted by Crippen LogP contribution is -2.57. The fourth-order valence-corrected chi connectivity index (χ4v) is 1.66. The summed E-state index contributed by atoms with van der Waals surface area (Å²) >= 11 is 0. The number of urea groups is 1. The van der Waals surface area contributed by atoms with Gasteiger partial charge >= 0.3 is 12.0 Å². The number of aliphatic carboxylic acids is 1. The Bertz CT molecular complexity index is 302. The first-order chi connectivity index (χ1) is 7.86. The molecule has 1 atom stereocenters. The fourth-order valence-electron chi connectivity index (χ4n) is 1.66. The molecule has 1 aliphatic carbocycles. The highest BCUT2D eigenvalue weighted by atomic mass is 16.4. The minimum atomic E-state index is -1.14. The van der Waals surface area contributed by atoms with Crippen LogP contribution < -0.4 is 10.6 Å². The van der Waals surface area contributed by atoms with Gasteiger partial charge in [-0.3, -0.25) is 0 Å².